The van der Waals surface area contributed by atoms with E-state index in [1.807, 2.05) is 25.1 Å². The molecule has 1 saturated carbocycles. The lowest BCUT2D eigenvalue weighted by atomic mass is 9.83. The zero-order chi connectivity index (χ0) is 18.5. The lowest BCUT2D eigenvalue weighted by Crippen LogP contribution is -2.34. The monoisotopic (exact) mass is 371 g/mol. The molecular weight excluding hydrogens is 350 g/mol. The summed E-state index contributed by atoms with van der Waals surface area (Å²) in [6, 6.07) is 11.3. The van der Waals surface area contributed by atoms with Crippen LogP contribution in [-0.2, 0) is 0 Å². The molecule has 26 heavy (non-hydrogen) atoms. The SMILES string of the molecule is Cc1cc(NC(=O)NCC2CCC(C#N)CC2)nn1-c1ccccc1Cl. The van der Waals surface area contributed by atoms with Gasteiger partial charge < -0.3 is 5.32 Å². The van der Waals surface area contributed by atoms with Gasteiger partial charge in [0.2, 0.25) is 0 Å². The molecule has 0 aliphatic heterocycles. The number of benzene rings is 1. The summed E-state index contributed by atoms with van der Waals surface area (Å²) in [5, 5.41) is 19.6. The van der Waals surface area contributed by atoms with E-state index in [-0.39, 0.29) is 11.9 Å². The Morgan fingerprint density at radius 1 is 1.35 bits per heavy atom. The smallest absolute Gasteiger partial charge is 0.320 e. The van der Waals surface area contributed by atoms with Crippen LogP contribution in [0.5, 0.6) is 0 Å². The fourth-order valence-electron chi connectivity index (χ4n) is 3.30. The summed E-state index contributed by atoms with van der Waals surface area (Å²) in [7, 11) is 0. The molecule has 1 aliphatic rings. The van der Waals surface area contributed by atoms with Crippen LogP contribution in [0.15, 0.2) is 30.3 Å². The number of anilines is 1. The number of nitrogens with one attached hydrogen (secondary N) is 2. The van der Waals surface area contributed by atoms with Crippen molar-refractivity contribution in [1.29, 1.82) is 5.26 Å². The predicted molar refractivity (Wildman–Crippen MR) is 101 cm³/mol. The number of urea groups is 1. The number of carbonyl (C=O) groups is 1. The number of aromatic nitrogens is 2. The predicted octanol–water partition coefficient (Wildman–Crippen LogP) is 4.29. The third-order valence-electron chi connectivity index (χ3n) is 4.79. The van der Waals surface area contributed by atoms with Gasteiger partial charge in [-0.15, -0.1) is 5.10 Å². The molecule has 2 aromatic rings. The number of para-hydroxylation sites is 1. The van der Waals surface area contributed by atoms with E-state index < -0.39 is 0 Å². The molecule has 0 unspecified atom stereocenters. The van der Waals surface area contributed by atoms with E-state index in [2.05, 4.69) is 21.8 Å². The number of rotatable bonds is 4. The Morgan fingerprint density at radius 2 is 2.08 bits per heavy atom. The first-order chi connectivity index (χ1) is 12.6. The fourth-order valence-corrected chi connectivity index (χ4v) is 3.51. The van der Waals surface area contributed by atoms with Crippen LogP contribution in [-0.4, -0.2) is 22.4 Å². The van der Waals surface area contributed by atoms with Crippen LogP contribution >= 0.6 is 11.6 Å². The van der Waals surface area contributed by atoms with Crippen LogP contribution in [0.4, 0.5) is 10.6 Å². The molecule has 7 heteroatoms. The highest BCUT2D eigenvalue weighted by Crippen LogP contribution is 2.27. The number of aryl methyl sites for hydroxylation is 1. The number of nitrogens with zero attached hydrogens (tertiary/aromatic N) is 3. The van der Waals surface area contributed by atoms with Crippen molar-refractivity contribution in [3.8, 4) is 11.8 Å². The van der Waals surface area contributed by atoms with E-state index in [9.17, 15) is 4.79 Å². The molecule has 1 aromatic heterocycles. The van der Waals surface area contributed by atoms with Gasteiger partial charge in [-0.05, 0) is 50.7 Å². The highest BCUT2D eigenvalue weighted by atomic mass is 35.5. The van der Waals surface area contributed by atoms with Crippen LogP contribution in [0.25, 0.3) is 5.69 Å². The Kier molecular flexibility index (Phi) is 5.79. The first-order valence-corrected chi connectivity index (χ1v) is 9.20. The summed E-state index contributed by atoms with van der Waals surface area (Å²) in [6.07, 6.45) is 3.81. The van der Waals surface area contributed by atoms with Gasteiger partial charge in [-0.3, -0.25) is 5.32 Å². The number of hydrogen-bond acceptors (Lipinski definition) is 3. The minimum atomic E-state index is -0.267. The van der Waals surface area contributed by atoms with Crippen LogP contribution in [0.3, 0.4) is 0 Å². The number of halogens is 1. The second kappa shape index (κ2) is 8.24. The molecule has 2 N–H and O–H groups in total. The van der Waals surface area contributed by atoms with E-state index in [4.69, 9.17) is 16.9 Å². The third kappa shape index (κ3) is 4.36. The van der Waals surface area contributed by atoms with Crippen molar-refractivity contribution in [2.45, 2.75) is 32.6 Å². The molecule has 0 spiro atoms. The molecule has 1 heterocycles. The maximum absolute atomic E-state index is 12.1. The van der Waals surface area contributed by atoms with Crippen LogP contribution < -0.4 is 10.6 Å². The Balaban J connectivity index is 1.55. The van der Waals surface area contributed by atoms with Gasteiger partial charge in [-0.2, -0.15) is 5.26 Å². The van der Waals surface area contributed by atoms with Gasteiger partial charge in [0.25, 0.3) is 0 Å². The number of nitriles is 1. The molecule has 0 saturated heterocycles. The Labute approximate surface area is 158 Å². The molecule has 1 fully saturated rings. The van der Waals surface area contributed by atoms with Crippen molar-refractivity contribution in [2.75, 3.05) is 11.9 Å². The van der Waals surface area contributed by atoms with Gasteiger partial charge in [0.1, 0.15) is 0 Å². The van der Waals surface area contributed by atoms with Crippen molar-refractivity contribution in [3.05, 3.63) is 41.0 Å². The first kappa shape index (κ1) is 18.3. The number of amides is 2. The molecule has 136 valence electrons. The van der Waals surface area contributed by atoms with Gasteiger partial charge in [0, 0.05) is 24.2 Å². The third-order valence-corrected chi connectivity index (χ3v) is 5.11. The summed E-state index contributed by atoms with van der Waals surface area (Å²) in [5.41, 5.74) is 1.65. The Bertz CT molecular complexity index is 818. The quantitative estimate of drug-likeness (QED) is 0.841. The van der Waals surface area contributed by atoms with E-state index in [1.165, 1.54) is 0 Å². The summed E-state index contributed by atoms with van der Waals surface area (Å²) >= 11 is 6.22. The van der Waals surface area contributed by atoms with E-state index in [0.29, 0.717) is 23.3 Å². The highest BCUT2D eigenvalue weighted by molar-refractivity contribution is 6.32. The van der Waals surface area contributed by atoms with Crippen LogP contribution in [0, 0.1) is 30.1 Å². The zero-order valence-corrected chi connectivity index (χ0v) is 15.5. The van der Waals surface area contributed by atoms with Crippen LogP contribution in [0.2, 0.25) is 5.02 Å². The Hall–Kier alpha value is -2.52. The second-order valence-corrected chi connectivity index (χ2v) is 7.12. The van der Waals surface area contributed by atoms with Crippen molar-refractivity contribution < 1.29 is 4.79 Å². The lowest BCUT2D eigenvalue weighted by Gasteiger charge is -2.24. The molecular formula is C19H22ClN5O. The van der Waals surface area contributed by atoms with Crippen molar-refractivity contribution >= 4 is 23.4 Å². The maximum atomic E-state index is 12.1. The minimum absolute atomic E-state index is 0.178. The first-order valence-electron chi connectivity index (χ1n) is 8.83. The average molecular weight is 372 g/mol. The summed E-state index contributed by atoms with van der Waals surface area (Å²) in [4.78, 5) is 12.1. The normalized spacial score (nSPS) is 19.6. The lowest BCUT2D eigenvalue weighted by molar-refractivity contribution is 0.245. The van der Waals surface area contributed by atoms with E-state index in [0.717, 1.165) is 37.1 Å². The number of hydrogen-bond donors (Lipinski definition) is 2. The van der Waals surface area contributed by atoms with Gasteiger partial charge in [0.15, 0.2) is 5.82 Å². The largest absolute Gasteiger partial charge is 0.338 e. The fraction of sp³-hybridized carbons (Fsp3) is 0.421. The second-order valence-electron chi connectivity index (χ2n) is 6.72. The molecule has 6 nitrogen and oxygen atoms in total. The molecule has 3 rings (SSSR count). The topological polar surface area (TPSA) is 82.7 Å². The van der Waals surface area contributed by atoms with Gasteiger partial charge in [-0.25, -0.2) is 9.48 Å². The molecule has 1 aliphatic carbocycles. The van der Waals surface area contributed by atoms with Crippen LogP contribution in [0.1, 0.15) is 31.4 Å². The molecule has 0 radical (unpaired) electrons. The molecule has 2 amide bonds. The van der Waals surface area contributed by atoms with Crippen molar-refractivity contribution in [2.24, 2.45) is 11.8 Å². The highest BCUT2D eigenvalue weighted by Gasteiger charge is 2.21. The van der Waals surface area contributed by atoms with E-state index in [1.54, 1.807) is 16.8 Å². The zero-order valence-electron chi connectivity index (χ0n) is 14.7. The van der Waals surface area contributed by atoms with Gasteiger partial charge in [0.05, 0.1) is 16.8 Å². The molecule has 1 aromatic carbocycles. The van der Waals surface area contributed by atoms with Crippen molar-refractivity contribution in [3.63, 3.8) is 0 Å². The summed E-state index contributed by atoms with van der Waals surface area (Å²) < 4.78 is 1.71. The summed E-state index contributed by atoms with van der Waals surface area (Å²) in [6.45, 7) is 2.53. The average Bonchev–Trinajstić information content (AvgIpc) is 3.00. The van der Waals surface area contributed by atoms with Crippen molar-refractivity contribution in [1.82, 2.24) is 15.1 Å². The minimum Gasteiger partial charge on any atom is -0.338 e. The van der Waals surface area contributed by atoms with Gasteiger partial charge >= 0.3 is 6.03 Å². The maximum Gasteiger partial charge on any atom is 0.320 e. The summed E-state index contributed by atoms with van der Waals surface area (Å²) in [5.74, 6) is 1.10. The standard InChI is InChI=1S/C19H22ClN5O/c1-13-10-18(24-25(13)17-5-3-2-4-16(17)20)23-19(26)22-12-15-8-6-14(11-21)7-9-15/h2-5,10,14-15H,6-9,12H2,1H3,(H2,22,23,24,26). The Morgan fingerprint density at radius 3 is 2.77 bits per heavy atom. The van der Waals surface area contributed by atoms with E-state index >= 15 is 0 Å². The molecule has 0 atom stereocenters. The molecule has 0 bridgehead atoms. The number of carbonyl (C=O) groups excluding carboxylic acids is 1. The van der Waals surface area contributed by atoms with Gasteiger partial charge in [-0.1, -0.05) is 23.7 Å².